The molecule has 0 amide bonds. The highest BCUT2D eigenvalue weighted by atomic mass is 16.5. The summed E-state index contributed by atoms with van der Waals surface area (Å²) < 4.78 is 12.7. The van der Waals surface area contributed by atoms with E-state index in [4.69, 9.17) is 9.47 Å². The molecule has 0 aliphatic rings. The summed E-state index contributed by atoms with van der Waals surface area (Å²) in [7, 11) is 1.64. The Hall–Kier alpha value is -3.15. The van der Waals surface area contributed by atoms with Crippen LogP contribution in [0.5, 0.6) is 11.5 Å². The number of carbonyl (C=O) groups is 1. The average molecular weight is 323 g/mol. The normalized spacial score (nSPS) is 10.4. The molecule has 0 saturated carbocycles. The molecule has 6 heteroatoms. The minimum absolute atomic E-state index is 0.247. The van der Waals surface area contributed by atoms with Crippen molar-refractivity contribution >= 4 is 6.29 Å². The number of methoxy groups -OCH3 is 1. The van der Waals surface area contributed by atoms with E-state index in [1.807, 2.05) is 36.5 Å². The van der Waals surface area contributed by atoms with Crippen molar-refractivity contribution in [2.75, 3.05) is 7.11 Å². The zero-order chi connectivity index (χ0) is 16.8. The molecule has 0 unspecified atom stereocenters. The van der Waals surface area contributed by atoms with E-state index >= 15 is 0 Å². The maximum absolute atomic E-state index is 11.0. The van der Waals surface area contributed by atoms with Crippen molar-refractivity contribution in [3.63, 3.8) is 0 Å². The number of hydrogen-bond donors (Lipinski definition) is 0. The number of aldehydes is 1. The Labute approximate surface area is 139 Å². The van der Waals surface area contributed by atoms with Gasteiger partial charge in [0.25, 0.3) is 0 Å². The lowest BCUT2D eigenvalue weighted by Gasteiger charge is -2.07. The number of nitrogens with zero attached hydrogens (tertiary/aromatic N) is 3. The Bertz CT molecular complexity index is 830. The number of aromatic nitrogens is 3. The summed E-state index contributed by atoms with van der Waals surface area (Å²) in [4.78, 5) is 11.0. The fourth-order valence-electron chi connectivity index (χ4n) is 2.35. The summed E-state index contributed by atoms with van der Waals surface area (Å²) in [5.74, 6) is 1.34. The van der Waals surface area contributed by atoms with Crippen molar-refractivity contribution in [1.29, 1.82) is 0 Å². The van der Waals surface area contributed by atoms with Gasteiger partial charge < -0.3 is 9.47 Å². The second kappa shape index (κ2) is 7.41. The van der Waals surface area contributed by atoms with Gasteiger partial charge in [-0.25, -0.2) is 4.68 Å². The molecule has 0 aliphatic carbocycles. The maximum atomic E-state index is 11.0. The number of carbonyl (C=O) groups excluding carboxylic acids is 1. The third kappa shape index (κ3) is 3.60. The minimum atomic E-state index is 0.247. The number of ether oxygens (including phenoxy) is 2. The molecule has 0 N–H and O–H groups in total. The Morgan fingerprint density at radius 2 is 1.83 bits per heavy atom. The molecule has 0 aliphatic heterocycles. The fraction of sp³-hybridized carbons (Fsp3) is 0.167. The molecular weight excluding hydrogens is 306 g/mol. The molecule has 0 radical (unpaired) electrons. The quantitative estimate of drug-likeness (QED) is 0.626. The highest BCUT2D eigenvalue weighted by molar-refractivity contribution is 5.79. The first-order valence-corrected chi connectivity index (χ1v) is 7.48. The maximum Gasteiger partial charge on any atom is 0.153 e. The zero-order valence-corrected chi connectivity index (χ0v) is 13.3. The molecule has 1 aromatic heterocycles. The molecule has 0 spiro atoms. The summed E-state index contributed by atoms with van der Waals surface area (Å²) in [6.45, 7) is 0.804. The van der Waals surface area contributed by atoms with Crippen LogP contribution < -0.4 is 9.47 Å². The lowest BCUT2D eigenvalue weighted by atomic mass is 10.2. The van der Waals surface area contributed by atoms with Gasteiger partial charge in [-0.15, -0.1) is 5.10 Å². The van der Waals surface area contributed by atoms with Crippen LogP contribution in [0.15, 0.2) is 54.7 Å². The van der Waals surface area contributed by atoms with Crippen molar-refractivity contribution in [3.05, 3.63) is 71.5 Å². The Morgan fingerprint density at radius 1 is 1.08 bits per heavy atom. The first-order valence-electron chi connectivity index (χ1n) is 7.48. The summed E-state index contributed by atoms with van der Waals surface area (Å²) >= 11 is 0. The van der Waals surface area contributed by atoms with Gasteiger partial charge in [-0.3, -0.25) is 4.79 Å². The lowest BCUT2D eigenvalue weighted by molar-refractivity contribution is 0.111. The number of benzene rings is 2. The van der Waals surface area contributed by atoms with Crippen molar-refractivity contribution in [2.24, 2.45) is 0 Å². The molecule has 3 rings (SSSR count). The summed E-state index contributed by atoms with van der Waals surface area (Å²) in [6.07, 6.45) is 2.59. The third-order valence-electron chi connectivity index (χ3n) is 3.53. The zero-order valence-electron chi connectivity index (χ0n) is 13.3. The topological polar surface area (TPSA) is 66.2 Å². The van der Waals surface area contributed by atoms with Crippen molar-refractivity contribution < 1.29 is 14.3 Å². The van der Waals surface area contributed by atoms with Crippen molar-refractivity contribution in [3.8, 4) is 11.5 Å². The molecule has 2 aromatic carbocycles. The van der Waals surface area contributed by atoms with E-state index in [9.17, 15) is 4.79 Å². The molecule has 6 nitrogen and oxygen atoms in total. The van der Waals surface area contributed by atoms with Crippen LogP contribution >= 0.6 is 0 Å². The molecule has 0 atom stereocenters. The van der Waals surface area contributed by atoms with Gasteiger partial charge in [-0.2, -0.15) is 0 Å². The predicted molar refractivity (Wildman–Crippen MR) is 88.3 cm³/mol. The SMILES string of the molecule is COc1ccccc1Cn1cc(COc2ccccc2C=O)nn1. The molecular formula is C18H17N3O3. The molecule has 24 heavy (non-hydrogen) atoms. The van der Waals surface area contributed by atoms with Crippen LogP contribution in [0, 0.1) is 0 Å². The summed E-state index contributed by atoms with van der Waals surface area (Å²) in [6, 6.07) is 14.8. The van der Waals surface area contributed by atoms with Gasteiger partial charge in [0.15, 0.2) is 6.29 Å². The molecule has 1 heterocycles. The van der Waals surface area contributed by atoms with E-state index in [0.29, 0.717) is 23.6 Å². The number of hydrogen-bond acceptors (Lipinski definition) is 5. The molecule has 0 saturated heterocycles. The number of rotatable bonds is 7. The van der Waals surface area contributed by atoms with Crippen LogP contribution in [-0.2, 0) is 13.2 Å². The van der Waals surface area contributed by atoms with Gasteiger partial charge >= 0.3 is 0 Å². The van der Waals surface area contributed by atoms with Crippen LogP contribution in [0.4, 0.5) is 0 Å². The molecule has 3 aromatic rings. The van der Waals surface area contributed by atoms with E-state index in [-0.39, 0.29) is 6.61 Å². The Kier molecular flexibility index (Phi) is 4.86. The van der Waals surface area contributed by atoms with Crippen molar-refractivity contribution in [2.45, 2.75) is 13.2 Å². The monoisotopic (exact) mass is 323 g/mol. The van der Waals surface area contributed by atoms with Gasteiger partial charge in [-0.1, -0.05) is 35.5 Å². The lowest BCUT2D eigenvalue weighted by Crippen LogP contribution is -2.02. The van der Waals surface area contributed by atoms with Crippen molar-refractivity contribution in [1.82, 2.24) is 15.0 Å². The van der Waals surface area contributed by atoms with Crippen LogP contribution in [0.2, 0.25) is 0 Å². The van der Waals surface area contributed by atoms with Crippen LogP contribution in [0.1, 0.15) is 21.6 Å². The van der Waals surface area contributed by atoms with Gasteiger partial charge in [-0.05, 0) is 18.2 Å². The van der Waals surface area contributed by atoms with E-state index in [1.165, 1.54) is 0 Å². The van der Waals surface area contributed by atoms with E-state index in [1.54, 1.807) is 30.0 Å². The molecule has 0 fully saturated rings. The predicted octanol–water partition coefficient (Wildman–Crippen LogP) is 2.73. The second-order valence-corrected chi connectivity index (χ2v) is 5.16. The summed E-state index contributed by atoms with van der Waals surface area (Å²) in [5.41, 5.74) is 2.22. The van der Waals surface area contributed by atoms with Gasteiger partial charge in [0.2, 0.25) is 0 Å². The Morgan fingerprint density at radius 3 is 2.62 bits per heavy atom. The summed E-state index contributed by atoms with van der Waals surface area (Å²) in [5, 5.41) is 8.20. The van der Waals surface area contributed by atoms with Gasteiger partial charge in [0, 0.05) is 5.56 Å². The first-order chi connectivity index (χ1) is 11.8. The second-order valence-electron chi connectivity index (χ2n) is 5.16. The van der Waals surface area contributed by atoms with Crippen LogP contribution in [0.3, 0.4) is 0 Å². The fourth-order valence-corrected chi connectivity index (χ4v) is 2.35. The van der Waals surface area contributed by atoms with E-state index in [2.05, 4.69) is 10.3 Å². The highest BCUT2D eigenvalue weighted by Crippen LogP contribution is 2.19. The minimum Gasteiger partial charge on any atom is -0.496 e. The standard InChI is InChI=1S/C18H17N3O3/c1-23-17-8-4-2-6-14(17)10-21-11-16(19-20-21)13-24-18-9-5-3-7-15(18)12-22/h2-9,11-12H,10,13H2,1H3. The highest BCUT2D eigenvalue weighted by Gasteiger charge is 2.07. The third-order valence-corrected chi connectivity index (χ3v) is 3.53. The van der Waals surface area contributed by atoms with Crippen LogP contribution in [-0.4, -0.2) is 28.4 Å². The first kappa shape index (κ1) is 15.7. The molecule has 0 bridgehead atoms. The average Bonchev–Trinajstić information content (AvgIpc) is 3.08. The van der Waals surface area contributed by atoms with Crippen LogP contribution in [0.25, 0.3) is 0 Å². The van der Waals surface area contributed by atoms with Gasteiger partial charge in [0.05, 0.1) is 25.4 Å². The largest absolute Gasteiger partial charge is 0.496 e. The van der Waals surface area contributed by atoms with Gasteiger partial charge in [0.1, 0.15) is 23.8 Å². The molecule has 122 valence electrons. The smallest absolute Gasteiger partial charge is 0.153 e. The van der Waals surface area contributed by atoms with E-state index < -0.39 is 0 Å². The number of para-hydroxylation sites is 2. The Balaban J connectivity index is 1.66. The van der Waals surface area contributed by atoms with E-state index in [0.717, 1.165) is 17.6 Å².